The van der Waals surface area contributed by atoms with Gasteiger partial charge in [0.25, 0.3) is 5.91 Å². The van der Waals surface area contributed by atoms with E-state index in [9.17, 15) is 9.18 Å². The molecule has 4 nitrogen and oxygen atoms in total. The molecule has 3 aromatic rings. The lowest BCUT2D eigenvalue weighted by molar-refractivity contribution is 0.102. The summed E-state index contributed by atoms with van der Waals surface area (Å²) in [4.78, 5) is 20.4. The Bertz CT molecular complexity index is 1180. The van der Waals surface area contributed by atoms with Gasteiger partial charge in [0, 0.05) is 22.5 Å². The van der Waals surface area contributed by atoms with Crippen LogP contribution in [0.15, 0.2) is 66.6 Å². The van der Waals surface area contributed by atoms with Gasteiger partial charge in [-0.1, -0.05) is 49.4 Å². The van der Waals surface area contributed by atoms with Crippen molar-refractivity contribution < 1.29 is 9.18 Å². The van der Waals surface area contributed by atoms with Gasteiger partial charge < -0.3 is 10.2 Å². The first-order valence-electron chi connectivity index (χ1n) is 12.9. The molecule has 6 heteroatoms. The molecule has 0 saturated carbocycles. The van der Waals surface area contributed by atoms with Crippen molar-refractivity contribution in [3.8, 4) is 11.1 Å². The molecule has 1 aliphatic heterocycles. The molecule has 1 aliphatic rings. The molecule has 0 spiro atoms. The quantitative estimate of drug-likeness (QED) is 0.226. The highest BCUT2D eigenvalue weighted by atomic mass is 32.1. The molecule has 0 radical (unpaired) electrons. The zero-order chi connectivity index (χ0) is 25.5. The molecule has 1 aromatic heterocycles. The van der Waals surface area contributed by atoms with Gasteiger partial charge in [-0.25, -0.2) is 9.37 Å². The second-order valence-electron chi connectivity index (χ2n) is 9.75. The Kier molecular flexibility index (Phi) is 8.70. The number of para-hydroxylation sites is 1. The van der Waals surface area contributed by atoms with Crippen LogP contribution in [0.1, 0.15) is 72.9 Å². The minimum atomic E-state index is -1.40. The fraction of sp³-hybridized carbons (Fsp3) is 0.400. The van der Waals surface area contributed by atoms with E-state index in [1.54, 1.807) is 18.3 Å². The topological polar surface area (TPSA) is 45.2 Å². The largest absolute Gasteiger partial charge is 0.320 e. The van der Waals surface area contributed by atoms with E-state index in [2.05, 4.69) is 16.8 Å². The molecule has 1 fully saturated rings. The van der Waals surface area contributed by atoms with Crippen LogP contribution in [0, 0.1) is 0 Å². The second-order valence-corrected chi connectivity index (χ2v) is 10.6. The highest BCUT2D eigenvalue weighted by Gasteiger charge is 2.25. The van der Waals surface area contributed by atoms with Crippen molar-refractivity contribution in [2.45, 2.75) is 57.5 Å². The molecule has 1 atom stereocenters. The molecule has 0 aliphatic carbocycles. The number of likely N-dealkylation sites (tertiary alicyclic amines) is 1. The number of piperidine rings is 1. The van der Waals surface area contributed by atoms with E-state index in [0.717, 1.165) is 61.5 Å². The summed E-state index contributed by atoms with van der Waals surface area (Å²) >= 11 is 1.58. The number of halogens is 1. The molecule has 0 bridgehead atoms. The van der Waals surface area contributed by atoms with Gasteiger partial charge in [-0.3, -0.25) is 4.79 Å². The van der Waals surface area contributed by atoms with E-state index in [-0.39, 0.29) is 5.91 Å². The zero-order valence-electron chi connectivity index (χ0n) is 21.3. The van der Waals surface area contributed by atoms with E-state index in [0.29, 0.717) is 29.3 Å². The van der Waals surface area contributed by atoms with Gasteiger partial charge in [-0.2, -0.15) is 0 Å². The number of rotatable bonds is 10. The summed E-state index contributed by atoms with van der Waals surface area (Å²) in [7, 11) is 0. The van der Waals surface area contributed by atoms with Crippen LogP contribution in [0.2, 0.25) is 0 Å². The minimum Gasteiger partial charge on any atom is -0.320 e. The maximum absolute atomic E-state index is 14.9. The molecular formula is C30H36FN3OS. The Hall–Kier alpha value is -2.83. The SMILES string of the molecule is C=CCCCN1CCC(c2nc(C(=O)Nc3ccccc3-c3cccc(C(C)(F)CC)c3)cs2)CC1. The number of carbonyl (C=O) groups excluding carboxylic acids is 1. The number of benzene rings is 2. The van der Waals surface area contributed by atoms with Crippen LogP contribution >= 0.6 is 11.3 Å². The number of alkyl halides is 1. The normalized spacial score (nSPS) is 16.4. The van der Waals surface area contributed by atoms with E-state index in [4.69, 9.17) is 4.98 Å². The first kappa shape index (κ1) is 26.2. The number of thiazole rings is 1. The molecule has 2 heterocycles. The number of nitrogens with one attached hydrogen (secondary N) is 1. The number of aromatic nitrogens is 1. The van der Waals surface area contributed by atoms with Gasteiger partial charge in [0.2, 0.25) is 0 Å². The molecule has 1 saturated heterocycles. The van der Waals surface area contributed by atoms with Crippen LogP contribution < -0.4 is 5.32 Å². The summed E-state index contributed by atoms with van der Waals surface area (Å²) in [5.41, 5.74) is 2.12. The Labute approximate surface area is 218 Å². The third kappa shape index (κ3) is 6.29. The standard InChI is InChI=1S/C30H36FN3OS/c1-4-6-9-17-34-18-15-22(16-19-34)29-33-27(21-36-29)28(35)32-26-14-8-7-13-25(26)23-11-10-12-24(20-23)30(3,31)5-2/h4,7-8,10-14,20-22H,1,5-6,9,15-19H2,2-3H3,(H,32,35). The van der Waals surface area contributed by atoms with Crippen molar-refractivity contribution in [2.75, 3.05) is 25.0 Å². The molecule has 1 unspecified atom stereocenters. The lowest BCUT2D eigenvalue weighted by atomic mass is 9.92. The smallest absolute Gasteiger partial charge is 0.275 e. The number of carbonyl (C=O) groups is 1. The van der Waals surface area contributed by atoms with E-state index < -0.39 is 5.67 Å². The molecule has 36 heavy (non-hydrogen) atoms. The third-order valence-electron chi connectivity index (χ3n) is 7.19. The van der Waals surface area contributed by atoms with Gasteiger partial charge in [0.05, 0.1) is 5.01 Å². The predicted octanol–water partition coefficient (Wildman–Crippen LogP) is 7.80. The third-order valence-corrected chi connectivity index (χ3v) is 8.20. The summed E-state index contributed by atoms with van der Waals surface area (Å²) < 4.78 is 14.9. The number of hydrogen-bond acceptors (Lipinski definition) is 4. The number of allylic oxidation sites excluding steroid dienone is 1. The molecule has 1 amide bonds. The average molecular weight is 506 g/mol. The molecular weight excluding hydrogens is 469 g/mol. The second kappa shape index (κ2) is 11.9. The number of unbranched alkanes of at least 4 members (excludes halogenated alkanes) is 1. The van der Waals surface area contributed by atoms with Gasteiger partial charge in [0.15, 0.2) is 0 Å². The maximum atomic E-state index is 14.9. The first-order valence-corrected chi connectivity index (χ1v) is 13.8. The van der Waals surface area contributed by atoms with E-state index in [1.807, 2.05) is 66.9 Å². The summed E-state index contributed by atoms with van der Waals surface area (Å²) in [6.07, 6.45) is 6.76. The summed E-state index contributed by atoms with van der Waals surface area (Å²) in [5.74, 6) is 0.197. The van der Waals surface area contributed by atoms with Crippen molar-refractivity contribution in [1.82, 2.24) is 9.88 Å². The van der Waals surface area contributed by atoms with Crippen LogP contribution in [0.25, 0.3) is 11.1 Å². The van der Waals surface area contributed by atoms with Crippen LogP contribution in [-0.4, -0.2) is 35.4 Å². The van der Waals surface area contributed by atoms with Crippen LogP contribution in [-0.2, 0) is 5.67 Å². The van der Waals surface area contributed by atoms with E-state index in [1.165, 1.54) is 0 Å². The Morgan fingerprint density at radius 1 is 1.25 bits per heavy atom. The highest BCUT2D eigenvalue weighted by molar-refractivity contribution is 7.10. The van der Waals surface area contributed by atoms with Crippen molar-refractivity contribution in [3.05, 3.63) is 82.8 Å². The van der Waals surface area contributed by atoms with E-state index >= 15 is 0 Å². The minimum absolute atomic E-state index is 0.216. The molecule has 2 aromatic carbocycles. The summed E-state index contributed by atoms with van der Waals surface area (Å²) in [6.45, 7) is 10.5. The summed E-state index contributed by atoms with van der Waals surface area (Å²) in [6, 6.07) is 15.2. The molecule has 190 valence electrons. The molecule has 4 rings (SSSR count). The van der Waals surface area contributed by atoms with Crippen LogP contribution in [0.5, 0.6) is 0 Å². The fourth-order valence-electron chi connectivity index (χ4n) is 4.69. The van der Waals surface area contributed by atoms with Crippen molar-refractivity contribution in [3.63, 3.8) is 0 Å². The Morgan fingerprint density at radius 3 is 2.78 bits per heavy atom. The Morgan fingerprint density at radius 2 is 2.03 bits per heavy atom. The van der Waals surface area contributed by atoms with Gasteiger partial charge in [0.1, 0.15) is 11.4 Å². The van der Waals surface area contributed by atoms with Gasteiger partial charge >= 0.3 is 0 Å². The van der Waals surface area contributed by atoms with Gasteiger partial charge in [-0.15, -0.1) is 17.9 Å². The predicted molar refractivity (Wildman–Crippen MR) is 149 cm³/mol. The van der Waals surface area contributed by atoms with Crippen LogP contribution in [0.4, 0.5) is 10.1 Å². The number of nitrogens with zero attached hydrogens (tertiary/aromatic N) is 2. The number of hydrogen-bond donors (Lipinski definition) is 1. The summed E-state index contributed by atoms with van der Waals surface area (Å²) in [5, 5.41) is 5.96. The first-order chi connectivity index (χ1) is 17.4. The molecule has 1 N–H and O–H groups in total. The highest BCUT2D eigenvalue weighted by Crippen LogP contribution is 2.35. The average Bonchev–Trinajstić information content (AvgIpc) is 3.40. The van der Waals surface area contributed by atoms with Crippen molar-refractivity contribution in [1.29, 1.82) is 0 Å². The lowest BCUT2D eigenvalue weighted by Crippen LogP contribution is -2.33. The van der Waals surface area contributed by atoms with Crippen LogP contribution in [0.3, 0.4) is 0 Å². The fourth-order valence-corrected chi connectivity index (χ4v) is 5.66. The monoisotopic (exact) mass is 505 g/mol. The number of amides is 1. The Balaban J connectivity index is 1.43. The zero-order valence-corrected chi connectivity index (χ0v) is 22.1. The lowest BCUT2D eigenvalue weighted by Gasteiger charge is -2.30. The van der Waals surface area contributed by atoms with Crippen molar-refractivity contribution >= 4 is 22.9 Å². The maximum Gasteiger partial charge on any atom is 0.275 e. The van der Waals surface area contributed by atoms with Gasteiger partial charge in [-0.05, 0) is 81.9 Å². The van der Waals surface area contributed by atoms with Crippen molar-refractivity contribution in [2.24, 2.45) is 0 Å². The number of anilines is 1.